The van der Waals surface area contributed by atoms with Crippen LogP contribution in [0.5, 0.6) is 0 Å². The summed E-state index contributed by atoms with van der Waals surface area (Å²) in [5.74, 6) is 5.39. The zero-order valence-electron chi connectivity index (χ0n) is 10.7. The lowest BCUT2D eigenvalue weighted by atomic mass is 10.1. The minimum Gasteiger partial charge on any atom is -0.384 e. The van der Waals surface area contributed by atoms with E-state index in [1.165, 1.54) is 0 Å². The maximum absolute atomic E-state index is 11.4. The first-order chi connectivity index (χ1) is 8.61. The number of carbonyl (C=O) groups is 1. The van der Waals surface area contributed by atoms with Crippen LogP contribution in [0.15, 0.2) is 24.3 Å². The van der Waals surface area contributed by atoms with E-state index in [1.807, 2.05) is 38.1 Å². The SMILES string of the molecule is CC(C)NC(=O)NCc1ccc(C#CCO)cc1. The third-order valence-corrected chi connectivity index (χ3v) is 2.14. The number of rotatable bonds is 3. The van der Waals surface area contributed by atoms with Gasteiger partial charge in [0.05, 0.1) is 0 Å². The molecule has 1 aromatic rings. The minimum absolute atomic E-state index is 0.126. The Hall–Kier alpha value is -1.99. The number of hydrogen-bond donors (Lipinski definition) is 3. The van der Waals surface area contributed by atoms with E-state index in [2.05, 4.69) is 22.5 Å². The number of benzene rings is 1. The smallest absolute Gasteiger partial charge is 0.315 e. The van der Waals surface area contributed by atoms with E-state index < -0.39 is 0 Å². The van der Waals surface area contributed by atoms with Gasteiger partial charge in [0.2, 0.25) is 0 Å². The molecule has 4 heteroatoms. The summed E-state index contributed by atoms with van der Waals surface area (Å²) in [7, 11) is 0. The molecule has 0 heterocycles. The standard InChI is InChI=1S/C14H18N2O2/c1-11(2)16-14(18)15-10-13-7-5-12(6-8-13)4-3-9-17/h5-8,11,17H,9-10H2,1-2H3,(H2,15,16,18). The van der Waals surface area contributed by atoms with Gasteiger partial charge in [-0.25, -0.2) is 4.79 Å². The van der Waals surface area contributed by atoms with Gasteiger partial charge in [0, 0.05) is 18.2 Å². The van der Waals surface area contributed by atoms with Crippen molar-refractivity contribution in [2.45, 2.75) is 26.4 Å². The molecule has 1 rings (SSSR count). The highest BCUT2D eigenvalue weighted by atomic mass is 16.2. The van der Waals surface area contributed by atoms with Gasteiger partial charge in [0.1, 0.15) is 6.61 Å². The number of urea groups is 1. The zero-order valence-corrected chi connectivity index (χ0v) is 10.7. The first kappa shape index (κ1) is 14.1. The van der Waals surface area contributed by atoms with Gasteiger partial charge in [-0.3, -0.25) is 0 Å². The molecule has 4 nitrogen and oxygen atoms in total. The van der Waals surface area contributed by atoms with E-state index in [4.69, 9.17) is 5.11 Å². The van der Waals surface area contributed by atoms with Crippen LogP contribution in [-0.4, -0.2) is 23.8 Å². The fourth-order valence-corrected chi connectivity index (χ4v) is 1.34. The van der Waals surface area contributed by atoms with E-state index in [1.54, 1.807) is 0 Å². The Bertz CT molecular complexity index is 441. The van der Waals surface area contributed by atoms with Gasteiger partial charge in [0.15, 0.2) is 0 Å². The average Bonchev–Trinajstić information content (AvgIpc) is 2.34. The van der Waals surface area contributed by atoms with Crippen LogP contribution in [0, 0.1) is 11.8 Å². The number of amides is 2. The first-order valence-corrected chi connectivity index (χ1v) is 5.85. The monoisotopic (exact) mass is 246 g/mol. The fourth-order valence-electron chi connectivity index (χ4n) is 1.34. The summed E-state index contributed by atoms with van der Waals surface area (Å²) in [6.07, 6.45) is 0. The summed E-state index contributed by atoms with van der Waals surface area (Å²) < 4.78 is 0. The molecular weight excluding hydrogens is 228 g/mol. The van der Waals surface area contributed by atoms with Crippen LogP contribution in [-0.2, 0) is 6.54 Å². The van der Waals surface area contributed by atoms with Crippen molar-refractivity contribution in [1.29, 1.82) is 0 Å². The van der Waals surface area contributed by atoms with E-state index >= 15 is 0 Å². The molecule has 0 aromatic heterocycles. The second kappa shape index (κ2) is 7.36. The van der Waals surface area contributed by atoms with Crippen LogP contribution in [0.1, 0.15) is 25.0 Å². The number of aliphatic hydroxyl groups is 1. The Morgan fingerprint density at radius 2 is 2.00 bits per heavy atom. The van der Waals surface area contributed by atoms with Crippen LogP contribution in [0.3, 0.4) is 0 Å². The van der Waals surface area contributed by atoms with Crippen molar-refractivity contribution in [1.82, 2.24) is 10.6 Å². The van der Waals surface area contributed by atoms with Gasteiger partial charge in [0.25, 0.3) is 0 Å². The van der Waals surface area contributed by atoms with E-state index in [0.29, 0.717) is 6.54 Å². The molecule has 0 saturated carbocycles. The third kappa shape index (κ3) is 5.37. The molecular formula is C14H18N2O2. The normalized spacial score (nSPS) is 9.56. The van der Waals surface area contributed by atoms with Crippen LogP contribution in [0.2, 0.25) is 0 Å². The van der Waals surface area contributed by atoms with Crippen LogP contribution < -0.4 is 10.6 Å². The van der Waals surface area contributed by atoms with Crippen molar-refractivity contribution < 1.29 is 9.90 Å². The van der Waals surface area contributed by atoms with E-state index in [0.717, 1.165) is 11.1 Å². The Morgan fingerprint density at radius 3 is 2.56 bits per heavy atom. The van der Waals surface area contributed by atoms with Gasteiger partial charge in [-0.1, -0.05) is 24.0 Å². The topological polar surface area (TPSA) is 61.4 Å². The number of carbonyl (C=O) groups excluding carboxylic acids is 1. The van der Waals surface area contributed by atoms with Gasteiger partial charge >= 0.3 is 6.03 Å². The van der Waals surface area contributed by atoms with Crippen LogP contribution in [0.4, 0.5) is 4.79 Å². The van der Waals surface area contributed by atoms with Crippen molar-refractivity contribution >= 4 is 6.03 Å². The summed E-state index contributed by atoms with van der Waals surface area (Å²) in [6, 6.07) is 7.48. The number of aliphatic hydroxyl groups excluding tert-OH is 1. The molecule has 0 spiro atoms. The summed E-state index contributed by atoms with van der Waals surface area (Å²) in [5.41, 5.74) is 1.85. The molecule has 0 radical (unpaired) electrons. The summed E-state index contributed by atoms with van der Waals surface area (Å²) >= 11 is 0. The Balaban J connectivity index is 2.46. The second-order valence-corrected chi connectivity index (χ2v) is 4.14. The molecule has 0 aliphatic rings. The maximum Gasteiger partial charge on any atom is 0.315 e. The highest BCUT2D eigenvalue weighted by Gasteiger charge is 2.01. The fraction of sp³-hybridized carbons (Fsp3) is 0.357. The Labute approximate surface area is 107 Å². The average molecular weight is 246 g/mol. The lowest BCUT2D eigenvalue weighted by molar-refractivity contribution is 0.238. The number of nitrogens with one attached hydrogen (secondary N) is 2. The molecule has 1 aromatic carbocycles. The van der Waals surface area contributed by atoms with Gasteiger partial charge in [-0.2, -0.15) is 0 Å². The summed E-state index contributed by atoms with van der Waals surface area (Å²) in [5, 5.41) is 14.1. The minimum atomic E-state index is -0.172. The van der Waals surface area contributed by atoms with Crippen LogP contribution >= 0.6 is 0 Å². The molecule has 0 aliphatic heterocycles. The maximum atomic E-state index is 11.4. The molecule has 0 bridgehead atoms. The van der Waals surface area contributed by atoms with Crippen molar-refractivity contribution in [3.63, 3.8) is 0 Å². The van der Waals surface area contributed by atoms with Crippen molar-refractivity contribution in [3.8, 4) is 11.8 Å². The lowest BCUT2D eigenvalue weighted by Crippen LogP contribution is -2.39. The molecule has 0 saturated heterocycles. The quantitative estimate of drug-likeness (QED) is 0.703. The zero-order chi connectivity index (χ0) is 13.4. The summed E-state index contributed by atoms with van der Waals surface area (Å²) in [6.45, 7) is 4.16. The molecule has 0 fully saturated rings. The van der Waals surface area contributed by atoms with Crippen molar-refractivity contribution in [3.05, 3.63) is 35.4 Å². The highest BCUT2D eigenvalue weighted by Crippen LogP contribution is 2.02. The van der Waals surface area contributed by atoms with Gasteiger partial charge in [-0.05, 0) is 31.5 Å². The first-order valence-electron chi connectivity index (χ1n) is 5.85. The summed E-state index contributed by atoms with van der Waals surface area (Å²) in [4.78, 5) is 11.4. The molecule has 0 atom stereocenters. The van der Waals surface area contributed by atoms with Crippen molar-refractivity contribution in [2.24, 2.45) is 0 Å². The number of hydrogen-bond acceptors (Lipinski definition) is 2. The molecule has 3 N–H and O–H groups in total. The molecule has 0 aliphatic carbocycles. The molecule has 96 valence electrons. The Morgan fingerprint density at radius 1 is 1.33 bits per heavy atom. The predicted octanol–water partition coefficient (Wildman–Crippen LogP) is 1.24. The Kier molecular flexibility index (Phi) is 5.75. The van der Waals surface area contributed by atoms with E-state index in [9.17, 15) is 4.79 Å². The van der Waals surface area contributed by atoms with Gasteiger partial charge < -0.3 is 15.7 Å². The predicted molar refractivity (Wildman–Crippen MR) is 70.9 cm³/mol. The van der Waals surface area contributed by atoms with Gasteiger partial charge in [-0.15, -0.1) is 0 Å². The van der Waals surface area contributed by atoms with E-state index in [-0.39, 0.29) is 18.7 Å². The molecule has 0 unspecified atom stereocenters. The largest absolute Gasteiger partial charge is 0.384 e. The second-order valence-electron chi connectivity index (χ2n) is 4.14. The lowest BCUT2D eigenvalue weighted by Gasteiger charge is -2.10. The van der Waals surface area contributed by atoms with Crippen LogP contribution in [0.25, 0.3) is 0 Å². The molecule has 18 heavy (non-hydrogen) atoms. The molecule has 2 amide bonds. The third-order valence-electron chi connectivity index (χ3n) is 2.14. The highest BCUT2D eigenvalue weighted by molar-refractivity contribution is 5.74. The van der Waals surface area contributed by atoms with Crippen molar-refractivity contribution in [2.75, 3.05) is 6.61 Å².